The summed E-state index contributed by atoms with van der Waals surface area (Å²) in [6, 6.07) is 3.29. The summed E-state index contributed by atoms with van der Waals surface area (Å²) in [6.45, 7) is 1.40. The zero-order valence-electron chi connectivity index (χ0n) is 11.0. The average molecular weight is 284 g/mol. The third-order valence-corrected chi connectivity index (χ3v) is 2.40. The van der Waals surface area contributed by atoms with Crippen LogP contribution in [0.25, 0.3) is 0 Å². The number of rotatable bonds is 6. The summed E-state index contributed by atoms with van der Waals surface area (Å²) >= 11 is 0. The molecule has 0 saturated heterocycles. The number of nitrogens with one attached hydrogen (secondary N) is 1. The predicted octanol–water partition coefficient (Wildman–Crippen LogP) is 2.80. The Labute approximate surface area is 114 Å². The lowest BCUT2D eigenvalue weighted by Gasteiger charge is -2.05. The Morgan fingerprint density at radius 3 is 2.70 bits per heavy atom. The standard InChI is InChI=1S/C12H14F2N4O2/c1-7(2)10-17-12(20-18-10)16-5-8-3-4-9(6-15-8)19-11(13)14/h3-4,6-7,11H,5H2,1-2H3,(H,16,17,18). The van der Waals surface area contributed by atoms with Gasteiger partial charge in [-0.15, -0.1) is 0 Å². The van der Waals surface area contributed by atoms with Gasteiger partial charge in [-0.1, -0.05) is 19.0 Å². The van der Waals surface area contributed by atoms with Crippen LogP contribution in [0.5, 0.6) is 5.75 Å². The lowest BCUT2D eigenvalue weighted by molar-refractivity contribution is -0.0500. The molecular weight excluding hydrogens is 270 g/mol. The van der Waals surface area contributed by atoms with Crippen LogP contribution in [0.4, 0.5) is 14.8 Å². The molecule has 0 saturated carbocycles. The van der Waals surface area contributed by atoms with Crippen molar-refractivity contribution in [3.8, 4) is 5.75 Å². The first-order valence-corrected chi connectivity index (χ1v) is 6.02. The number of aromatic nitrogens is 3. The highest BCUT2D eigenvalue weighted by molar-refractivity contribution is 5.24. The van der Waals surface area contributed by atoms with Crippen LogP contribution in [-0.2, 0) is 6.54 Å². The molecule has 0 bridgehead atoms. The summed E-state index contributed by atoms with van der Waals surface area (Å²) in [5.41, 5.74) is 0.635. The lowest BCUT2D eigenvalue weighted by atomic mass is 10.2. The van der Waals surface area contributed by atoms with E-state index in [1.807, 2.05) is 13.8 Å². The van der Waals surface area contributed by atoms with Crippen molar-refractivity contribution < 1.29 is 18.0 Å². The molecule has 0 aromatic carbocycles. The highest BCUT2D eigenvalue weighted by atomic mass is 19.3. The molecule has 0 atom stereocenters. The van der Waals surface area contributed by atoms with E-state index in [9.17, 15) is 8.78 Å². The van der Waals surface area contributed by atoms with Gasteiger partial charge in [0.05, 0.1) is 18.4 Å². The second kappa shape index (κ2) is 6.27. The van der Waals surface area contributed by atoms with Crippen molar-refractivity contribution in [3.63, 3.8) is 0 Å². The number of nitrogens with zero attached hydrogens (tertiary/aromatic N) is 3. The van der Waals surface area contributed by atoms with Crippen molar-refractivity contribution in [2.45, 2.75) is 32.9 Å². The average Bonchev–Trinajstić information content (AvgIpc) is 2.86. The van der Waals surface area contributed by atoms with Crippen LogP contribution in [-0.4, -0.2) is 21.7 Å². The van der Waals surface area contributed by atoms with Crippen LogP contribution in [0.2, 0.25) is 0 Å². The Balaban J connectivity index is 1.90. The minimum atomic E-state index is -2.85. The molecule has 0 spiro atoms. The molecule has 20 heavy (non-hydrogen) atoms. The molecule has 2 aromatic heterocycles. The van der Waals surface area contributed by atoms with Gasteiger partial charge >= 0.3 is 12.6 Å². The molecule has 2 rings (SSSR count). The number of halogens is 2. The van der Waals surface area contributed by atoms with Gasteiger partial charge in [0.25, 0.3) is 0 Å². The molecule has 0 aliphatic heterocycles. The second-order valence-electron chi connectivity index (χ2n) is 4.33. The van der Waals surface area contributed by atoms with Crippen LogP contribution in [0, 0.1) is 0 Å². The van der Waals surface area contributed by atoms with Crippen molar-refractivity contribution in [1.82, 2.24) is 15.1 Å². The van der Waals surface area contributed by atoms with Crippen LogP contribution in [0.3, 0.4) is 0 Å². The fourth-order valence-corrected chi connectivity index (χ4v) is 1.40. The minimum Gasteiger partial charge on any atom is -0.433 e. The SMILES string of the molecule is CC(C)c1noc(NCc2ccc(OC(F)F)cn2)n1. The van der Waals surface area contributed by atoms with E-state index >= 15 is 0 Å². The molecule has 0 aliphatic carbocycles. The summed E-state index contributed by atoms with van der Waals surface area (Å²) in [5, 5.41) is 6.71. The van der Waals surface area contributed by atoms with E-state index in [0.29, 0.717) is 24.1 Å². The maximum Gasteiger partial charge on any atom is 0.387 e. The molecule has 108 valence electrons. The van der Waals surface area contributed by atoms with E-state index in [1.54, 1.807) is 6.07 Å². The van der Waals surface area contributed by atoms with Gasteiger partial charge in [-0.3, -0.25) is 4.98 Å². The highest BCUT2D eigenvalue weighted by Gasteiger charge is 2.09. The number of pyridine rings is 1. The van der Waals surface area contributed by atoms with Crippen LogP contribution < -0.4 is 10.1 Å². The van der Waals surface area contributed by atoms with E-state index in [4.69, 9.17) is 4.52 Å². The Morgan fingerprint density at radius 1 is 1.35 bits per heavy atom. The number of hydrogen-bond donors (Lipinski definition) is 1. The number of hydrogen-bond acceptors (Lipinski definition) is 6. The van der Waals surface area contributed by atoms with Crippen molar-refractivity contribution in [2.24, 2.45) is 0 Å². The van der Waals surface area contributed by atoms with E-state index in [-0.39, 0.29) is 11.7 Å². The molecule has 0 amide bonds. The summed E-state index contributed by atoms with van der Waals surface area (Å²) in [4.78, 5) is 8.12. The van der Waals surface area contributed by atoms with Gasteiger partial charge in [0.15, 0.2) is 5.82 Å². The van der Waals surface area contributed by atoms with E-state index in [1.165, 1.54) is 12.3 Å². The van der Waals surface area contributed by atoms with Crippen LogP contribution in [0.15, 0.2) is 22.9 Å². The molecule has 2 aromatic rings. The molecular formula is C12H14F2N4O2. The van der Waals surface area contributed by atoms with Crippen LogP contribution >= 0.6 is 0 Å². The Bertz CT molecular complexity index is 543. The monoisotopic (exact) mass is 284 g/mol. The largest absolute Gasteiger partial charge is 0.433 e. The normalized spacial score (nSPS) is 11.1. The van der Waals surface area contributed by atoms with Gasteiger partial charge in [0.1, 0.15) is 5.75 Å². The summed E-state index contributed by atoms with van der Waals surface area (Å²) in [6.07, 6.45) is 1.23. The number of alkyl halides is 2. The third kappa shape index (κ3) is 3.87. The van der Waals surface area contributed by atoms with Crippen molar-refractivity contribution in [2.75, 3.05) is 5.32 Å². The first kappa shape index (κ1) is 14.2. The number of ether oxygens (including phenoxy) is 1. The van der Waals surface area contributed by atoms with Crippen molar-refractivity contribution in [3.05, 3.63) is 29.8 Å². The second-order valence-corrected chi connectivity index (χ2v) is 4.33. The van der Waals surface area contributed by atoms with Crippen molar-refractivity contribution in [1.29, 1.82) is 0 Å². The van der Waals surface area contributed by atoms with E-state index < -0.39 is 6.61 Å². The zero-order chi connectivity index (χ0) is 14.5. The van der Waals surface area contributed by atoms with Gasteiger partial charge in [-0.25, -0.2) is 0 Å². The van der Waals surface area contributed by atoms with Gasteiger partial charge in [-0.2, -0.15) is 13.8 Å². The lowest BCUT2D eigenvalue weighted by Crippen LogP contribution is -2.04. The first-order chi connectivity index (χ1) is 9.54. The van der Waals surface area contributed by atoms with Crippen molar-refractivity contribution >= 4 is 6.01 Å². The fourth-order valence-electron chi connectivity index (χ4n) is 1.40. The smallest absolute Gasteiger partial charge is 0.387 e. The van der Waals surface area contributed by atoms with Gasteiger partial charge in [0, 0.05) is 5.92 Å². The predicted molar refractivity (Wildman–Crippen MR) is 66.6 cm³/mol. The quantitative estimate of drug-likeness (QED) is 0.879. The fraction of sp³-hybridized carbons (Fsp3) is 0.417. The molecule has 0 unspecified atom stereocenters. The van der Waals surface area contributed by atoms with E-state index in [2.05, 4.69) is 25.2 Å². The molecule has 1 N–H and O–H groups in total. The minimum absolute atomic E-state index is 0.0173. The topological polar surface area (TPSA) is 73.1 Å². The van der Waals surface area contributed by atoms with Gasteiger partial charge < -0.3 is 14.6 Å². The molecule has 0 aliphatic rings. The van der Waals surface area contributed by atoms with Gasteiger partial charge in [-0.05, 0) is 12.1 Å². The Hall–Kier alpha value is -2.25. The summed E-state index contributed by atoms with van der Waals surface area (Å²) < 4.78 is 33.1. The molecule has 2 heterocycles. The zero-order valence-corrected chi connectivity index (χ0v) is 11.0. The Morgan fingerprint density at radius 2 is 2.15 bits per heavy atom. The highest BCUT2D eigenvalue weighted by Crippen LogP contribution is 2.15. The summed E-state index contributed by atoms with van der Waals surface area (Å²) in [7, 11) is 0. The van der Waals surface area contributed by atoms with Gasteiger partial charge in [0.2, 0.25) is 0 Å². The third-order valence-electron chi connectivity index (χ3n) is 2.40. The maximum atomic E-state index is 12.0. The Kier molecular flexibility index (Phi) is 4.44. The molecule has 8 heteroatoms. The molecule has 0 fully saturated rings. The molecule has 0 radical (unpaired) electrons. The van der Waals surface area contributed by atoms with Crippen LogP contribution in [0.1, 0.15) is 31.3 Å². The van der Waals surface area contributed by atoms with E-state index in [0.717, 1.165) is 0 Å². The first-order valence-electron chi connectivity index (χ1n) is 6.02. The molecule has 6 nitrogen and oxygen atoms in total. The number of anilines is 1. The summed E-state index contributed by atoms with van der Waals surface area (Å²) in [5.74, 6) is 0.808. The maximum absolute atomic E-state index is 12.0.